The van der Waals surface area contributed by atoms with Gasteiger partial charge in [0.25, 0.3) is 0 Å². The second-order valence-electron chi connectivity index (χ2n) is 2.00. The first-order valence-corrected chi connectivity index (χ1v) is 3.64. The number of allylic oxidation sites excluding steroid dienone is 6. The molecule has 0 nitrogen and oxygen atoms in total. The van der Waals surface area contributed by atoms with E-state index in [9.17, 15) is 0 Å². The molecule has 0 aliphatic rings. The van der Waals surface area contributed by atoms with Gasteiger partial charge >= 0.3 is 0 Å². The first-order valence-electron chi connectivity index (χ1n) is 3.64. The molecule has 0 aromatic heterocycles. The normalized spacial score (nSPS) is 12.6. The van der Waals surface area contributed by atoms with Crippen LogP contribution in [-0.2, 0) is 0 Å². The van der Waals surface area contributed by atoms with Crippen LogP contribution in [0.2, 0.25) is 0 Å². The quantitative estimate of drug-likeness (QED) is 0.410. The number of hydrogen-bond acceptors (Lipinski definition) is 0. The molecule has 0 heterocycles. The van der Waals surface area contributed by atoms with E-state index in [2.05, 4.69) is 25.2 Å². The van der Waals surface area contributed by atoms with Crippen molar-refractivity contribution >= 4 is 0 Å². The van der Waals surface area contributed by atoms with Crippen LogP contribution in [-0.4, -0.2) is 0 Å². The van der Waals surface area contributed by atoms with Crippen molar-refractivity contribution in [2.45, 2.75) is 19.8 Å². The molecular weight excluding hydrogens is 120 g/mol. The van der Waals surface area contributed by atoms with Crippen molar-refractivity contribution in [1.82, 2.24) is 0 Å². The van der Waals surface area contributed by atoms with E-state index in [-0.39, 0.29) is 0 Å². The molecule has 10 heavy (non-hydrogen) atoms. The van der Waals surface area contributed by atoms with Gasteiger partial charge in [-0.2, -0.15) is 0 Å². The van der Waals surface area contributed by atoms with Crippen LogP contribution < -0.4 is 0 Å². The molecule has 0 atom stereocenters. The summed E-state index contributed by atoms with van der Waals surface area (Å²) >= 11 is 0. The van der Waals surface area contributed by atoms with E-state index >= 15 is 0 Å². The van der Waals surface area contributed by atoms with Gasteiger partial charge in [-0.3, -0.25) is 0 Å². The van der Waals surface area contributed by atoms with Crippen molar-refractivity contribution in [3.8, 4) is 0 Å². The molecule has 0 aromatic rings. The van der Waals surface area contributed by atoms with Gasteiger partial charge in [-0.05, 0) is 26.7 Å². The largest absolute Gasteiger partial charge is 0.0882 e. The van der Waals surface area contributed by atoms with Crippen molar-refractivity contribution in [3.05, 3.63) is 43.4 Å². The number of hydrogen-bond donors (Lipinski definition) is 0. The maximum atomic E-state index is 3.60. The summed E-state index contributed by atoms with van der Waals surface area (Å²) in [6, 6.07) is 0. The first kappa shape index (κ1) is 9.22. The molecule has 0 rings (SSSR count). The van der Waals surface area contributed by atoms with Crippen LogP contribution in [0.1, 0.15) is 19.8 Å². The molecule has 1 radical (unpaired) electrons. The molecule has 0 bridgehead atoms. The van der Waals surface area contributed by atoms with Gasteiger partial charge in [0.05, 0.1) is 0 Å². The average Bonchev–Trinajstić information content (AvgIpc) is 1.97. The van der Waals surface area contributed by atoms with E-state index < -0.39 is 0 Å². The highest BCUT2D eigenvalue weighted by Crippen LogP contribution is 1.92. The standard InChI is InChI=1S/C10H15/c1-3-5-7-9-10-8-6-4-2/h3-6,8,10H,1,7,9H2,2H3. The highest BCUT2D eigenvalue weighted by Gasteiger charge is 1.71. The second-order valence-corrected chi connectivity index (χ2v) is 2.00. The minimum atomic E-state index is 1.09. The molecule has 0 saturated heterocycles. The van der Waals surface area contributed by atoms with Gasteiger partial charge in [0, 0.05) is 0 Å². The van der Waals surface area contributed by atoms with Gasteiger partial charge in [-0.25, -0.2) is 0 Å². The Morgan fingerprint density at radius 2 is 1.80 bits per heavy atom. The van der Waals surface area contributed by atoms with E-state index in [4.69, 9.17) is 0 Å². The summed E-state index contributed by atoms with van der Waals surface area (Å²) in [6.07, 6.45) is 14.4. The molecule has 0 unspecified atom stereocenters. The fraction of sp³-hybridized carbons (Fsp3) is 0.300. The zero-order chi connectivity index (χ0) is 7.66. The summed E-state index contributed by atoms with van der Waals surface area (Å²) in [5.74, 6) is 0. The Morgan fingerprint density at radius 3 is 2.40 bits per heavy atom. The molecular formula is C10H15. The van der Waals surface area contributed by atoms with Crippen LogP contribution in [0.15, 0.2) is 36.5 Å². The molecule has 0 spiro atoms. The maximum absolute atomic E-state index is 3.60. The minimum Gasteiger partial charge on any atom is -0.0882 e. The molecule has 0 fully saturated rings. The van der Waals surface area contributed by atoms with Gasteiger partial charge in [0.2, 0.25) is 0 Å². The molecule has 0 N–H and O–H groups in total. The summed E-state index contributed by atoms with van der Waals surface area (Å²) in [5.41, 5.74) is 0. The Labute approximate surface area is 64.0 Å². The van der Waals surface area contributed by atoms with E-state index in [1.165, 1.54) is 0 Å². The summed E-state index contributed by atoms with van der Waals surface area (Å²) in [5, 5.41) is 0. The highest BCUT2D eigenvalue weighted by atomic mass is 13.8. The second kappa shape index (κ2) is 8.22. The van der Waals surface area contributed by atoms with Crippen LogP contribution in [0, 0.1) is 6.92 Å². The highest BCUT2D eigenvalue weighted by molar-refractivity contribution is 5.01. The zero-order valence-electron chi connectivity index (χ0n) is 6.59. The van der Waals surface area contributed by atoms with Crippen molar-refractivity contribution in [2.75, 3.05) is 0 Å². The lowest BCUT2D eigenvalue weighted by atomic mass is 10.2. The third kappa shape index (κ3) is 7.22. The van der Waals surface area contributed by atoms with Gasteiger partial charge in [-0.1, -0.05) is 36.5 Å². The van der Waals surface area contributed by atoms with Crippen LogP contribution in [0.3, 0.4) is 0 Å². The van der Waals surface area contributed by atoms with Gasteiger partial charge in [0.1, 0.15) is 0 Å². The third-order valence-electron chi connectivity index (χ3n) is 1.11. The summed E-state index contributed by atoms with van der Waals surface area (Å²) < 4.78 is 0. The molecule has 0 saturated carbocycles. The van der Waals surface area contributed by atoms with Crippen LogP contribution in [0.25, 0.3) is 0 Å². The predicted octanol–water partition coefficient (Wildman–Crippen LogP) is 3.29. The molecule has 0 aliphatic carbocycles. The molecule has 0 aromatic carbocycles. The van der Waals surface area contributed by atoms with Crippen LogP contribution >= 0.6 is 0 Å². The molecule has 0 aliphatic heterocycles. The van der Waals surface area contributed by atoms with E-state index in [0.717, 1.165) is 12.8 Å². The topological polar surface area (TPSA) is 0 Å². The van der Waals surface area contributed by atoms with Gasteiger partial charge < -0.3 is 0 Å². The third-order valence-corrected chi connectivity index (χ3v) is 1.11. The van der Waals surface area contributed by atoms with Crippen LogP contribution in [0.4, 0.5) is 0 Å². The van der Waals surface area contributed by atoms with E-state index in [1.54, 1.807) is 0 Å². The van der Waals surface area contributed by atoms with E-state index in [1.807, 2.05) is 25.2 Å². The van der Waals surface area contributed by atoms with Crippen LogP contribution in [0.5, 0.6) is 0 Å². The Balaban J connectivity index is 3.18. The lowest BCUT2D eigenvalue weighted by Gasteiger charge is -1.82. The maximum Gasteiger partial charge on any atom is -0.0313 e. The Hall–Kier alpha value is -0.780. The fourth-order valence-electron chi connectivity index (χ4n) is 0.596. The van der Waals surface area contributed by atoms with Crippen molar-refractivity contribution < 1.29 is 0 Å². The lowest BCUT2D eigenvalue weighted by molar-refractivity contribution is 1.05. The zero-order valence-corrected chi connectivity index (χ0v) is 6.59. The Kier molecular flexibility index (Phi) is 7.58. The lowest BCUT2D eigenvalue weighted by Crippen LogP contribution is -1.61. The molecule has 0 amide bonds. The number of rotatable bonds is 4. The van der Waals surface area contributed by atoms with Crippen molar-refractivity contribution in [3.63, 3.8) is 0 Å². The Morgan fingerprint density at radius 1 is 1.10 bits per heavy atom. The number of unbranched alkanes of at least 4 members (excludes halogenated alkanes) is 1. The first-order chi connectivity index (χ1) is 4.91. The SMILES string of the molecule is [CH2]C=CCCC=CC=CC. The summed E-state index contributed by atoms with van der Waals surface area (Å²) in [4.78, 5) is 0. The fourth-order valence-corrected chi connectivity index (χ4v) is 0.596. The minimum absolute atomic E-state index is 1.09. The molecule has 55 valence electrons. The predicted molar refractivity (Wildman–Crippen MR) is 47.7 cm³/mol. The van der Waals surface area contributed by atoms with E-state index in [0.29, 0.717) is 0 Å². The Bertz CT molecular complexity index is 127. The monoisotopic (exact) mass is 135 g/mol. The van der Waals surface area contributed by atoms with Crippen molar-refractivity contribution in [1.29, 1.82) is 0 Å². The van der Waals surface area contributed by atoms with Crippen molar-refractivity contribution in [2.24, 2.45) is 0 Å². The average molecular weight is 135 g/mol. The molecule has 0 heteroatoms. The summed E-state index contributed by atoms with van der Waals surface area (Å²) in [6.45, 7) is 5.62. The smallest absolute Gasteiger partial charge is 0.0313 e. The van der Waals surface area contributed by atoms with Gasteiger partial charge in [0.15, 0.2) is 0 Å². The van der Waals surface area contributed by atoms with Gasteiger partial charge in [-0.15, -0.1) is 0 Å². The summed E-state index contributed by atoms with van der Waals surface area (Å²) in [7, 11) is 0.